The molecule has 0 amide bonds. The molecular formula is C27H21N7. The van der Waals surface area contributed by atoms with Crippen molar-refractivity contribution < 1.29 is 0 Å². The van der Waals surface area contributed by atoms with Crippen LogP contribution in [0.1, 0.15) is 29.0 Å². The van der Waals surface area contributed by atoms with Crippen molar-refractivity contribution in [3.05, 3.63) is 114 Å². The van der Waals surface area contributed by atoms with Crippen LogP contribution in [-0.2, 0) is 0 Å². The second kappa shape index (κ2) is 7.25. The highest BCUT2D eigenvalue weighted by molar-refractivity contribution is 5.76. The molecule has 34 heavy (non-hydrogen) atoms. The van der Waals surface area contributed by atoms with Gasteiger partial charge < -0.3 is 4.90 Å². The van der Waals surface area contributed by atoms with Crippen LogP contribution in [0.2, 0.25) is 0 Å². The van der Waals surface area contributed by atoms with E-state index in [4.69, 9.17) is 0 Å². The molecule has 2 atom stereocenters. The SMILES string of the molecule is Cc1ccc(N2C(n3nnc4ccccc43)c3ccccc3C2n2nnc3ccccc32)cc1. The van der Waals surface area contributed by atoms with E-state index < -0.39 is 0 Å². The zero-order valence-electron chi connectivity index (χ0n) is 18.5. The summed E-state index contributed by atoms with van der Waals surface area (Å²) in [6.45, 7) is 2.10. The first-order chi connectivity index (χ1) is 16.8. The maximum atomic E-state index is 4.63. The van der Waals surface area contributed by atoms with Gasteiger partial charge in [-0.25, -0.2) is 9.36 Å². The number of para-hydroxylation sites is 2. The predicted molar refractivity (Wildman–Crippen MR) is 131 cm³/mol. The molecule has 0 fully saturated rings. The average molecular weight is 444 g/mol. The van der Waals surface area contributed by atoms with Gasteiger partial charge in [0.2, 0.25) is 0 Å². The number of hydrogen-bond acceptors (Lipinski definition) is 5. The summed E-state index contributed by atoms with van der Waals surface area (Å²) >= 11 is 0. The quantitative estimate of drug-likeness (QED) is 0.381. The van der Waals surface area contributed by atoms with Crippen molar-refractivity contribution in [3.8, 4) is 0 Å². The fourth-order valence-corrected chi connectivity index (χ4v) is 5.05. The van der Waals surface area contributed by atoms with Crippen molar-refractivity contribution in [3.63, 3.8) is 0 Å². The molecule has 2 unspecified atom stereocenters. The lowest BCUT2D eigenvalue weighted by Gasteiger charge is -2.33. The maximum Gasteiger partial charge on any atom is 0.153 e. The minimum atomic E-state index is -0.195. The van der Waals surface area contributed by atoms with Gasteiger partial charge in [0, 0.05) is 16.8 Å². The lowest BCUT2D eigenvalue weighted by atomic mass is 10.1. The van der Waals surface area contributed by atoms with Crippen molar-refractivity contribution >= 4 is 27.8 Å². The van der Waals surface area contributed by atoms with Gasteiger partial charge in [-0.3, -0.25) is 0 Å². The van der Waals surface area contributed by atoms with Gasteiger partial charge in [-0.1, -0.05) is 76.7 Å². The monoisotopic (exact) mass is 443 g/mol. The Morgan fingerprint density at radius 3 is 1.56 bits per heavy atom. The lowest BCUT2D eigenvalue weighted by molar-refractivity contribution is 0.436. The number of fused-ring (bicyclic) bond motifs is 3. The zero-order valence-corrected chi connectivity index (χ0v) is 18.5. The lowest BCUT2D eigenvalue weighted by Crippen LogP contribution is -2.35. The molecule has 0 N–H and O–H groups in total. The first kappa shape index (κ1) is 19.0. The smallest absolute Gasteiger partial charge is 0.153 e. The Hall–Kier alpha value is -4.52. The molecule has 0 saturated carbocycles. The molecule has 164 valence electrons. The molecule has 1 aliphatic heterocycles. The molecular weight excluding hydrogens is 422 g/mol. The van der Waals surface area contributed by atoms with Crippen molar-refractivity contribution in [2.24, 2.45) is 0 Å². The van der Waals surface area contributed by atoms with Crippen LogP contribution in [0.3, 0.4) is 0 Å². The van der Waals surface area contributed by atoms with Crippen LogP contribution in [0.25, 0.3) is 22.1 Å². The van der Waals surface area contributed by atoms with Gasteiger partial charge in [-0.15, -0.1) is 10.2 Å². The van der Waals surface area contributed by atoms with E-state index in [2.05, 4.69) is 93.1 Å². The highest BCUT2D eigenvalue weighted by atomic mass is 15.6. The number of anilines is 1. The zero-order chi connectivity index (χ0) is 22.6. The number of benzene rings is 4. The summed E-state index contributed by atoms with van der Waals surface area (Å²) in [6, 6.07) is 33.3. The molecule has 6 aromatic rings. The van der Waals surface area contributed by atoms with Gasteiger partial charge in [0.05, 0.1) is 11.0 Å². The van der Waals surface area contributed by atoms with Crippen molar-refractivity contribution in [2.45, 2.75) is 19.3 Å². The van der Waals surface area contributed by atoms with Gasteiger partial charge in [0.15, 0.2) is 12.3 Å². The van der Waals surface area contributed by atoms with Crippen molar-refractivity contribution in [1.29, 1.82) is 0 Å². The first-order valence-corrected chi connectivity index (χ1v) is 11.3. The van der Waals surface area contributed by atoms with E-state index in [-0.39, 0.29) is 12.3 Å². The predicted octanol–water partition coefficient (Wildman–Crippen LogP) is 5.10. The summed E-state index contributed by atoms with van der Waals surface area (Å²) in [4.78, 5) is 2.37. The Kier molecular flexibility index (Phi) is 4.05. The number of hydrogen-bond donors (Lipinski definition) is 0. The molecule has 0 saturated heterocycles. The largest absolute Gasteiger partial charge is 0.319 e. The fraction of sp³-hybridized carbons (Fsp3) is 0.111. The molecule has 2 aromatic heterocycles. The second-order valence-corrected chi connectivity index (χ2v) is 8.66. The van der Waals surface area contributed by atoms with E-state index in [1.54, 1.807) is 0 Å². The third kappa shape index (κ3) is 2.70. The molecule has 0 aliphatic carbocycles. The Morgan fingerprint density at radius 2 is 1.03 bits per heavy atom. The van der Waals surface area contributed by atoms with Gasteiger partial charge in [0.25, 0.3) is 0 Å². The third-order valence-corrected chi connectivity index (χ3v) is 6.63. The Bertz CT molecular complexity index is 1550. The van der Waals surface area contributed by atoms with Crippen LogP contribution in [0.4, 0.5) is 5.69 Å². The van der Waals surface area contributed by atoms with E-state index in [0.717, 1.165) is 27.8 Å². The van der Waals surface area contributed by atoms with Crippen molar-refractivity contribution in [2.75, 3.05) is 4.90 Å². The topological polar surface area (TPSA) is 64.7 Å². The van der Waals surface area contributed by atoms with E-state index in [9.17, 15) is 0 Å². The first-order valence-electron chi connectivity index (χ1n) is 11.3. The number of aryl methyl sites for hydroxylation is 1. The Morgan fingerprint density at radius 1 is 0.559 bits per heavy atom. The number of aromatic nitrogens is 6. The molecule has 3 heterocycles. The van der Waals surface area contributed by atoms with E-state index >= 15 is 0 Å². The summed E-state index contributed by atoms with van der Waals surface area (Å²) < 4.78 is 4.04. The summed E-state index contributed by atoms with van der Waals surface area (Å²) in [6.07, 6.45) is -0.390. The number of rotatable bonds is 3. The molecule has 0 spiro atoms. The van der Waals surface area contributed by atoms with Gasteiger partial charge in [-0.2, -0.15) is 0 Å². The van der Waals surface area contributed by atoms with Crippen molar-refractivity contribution in [1.82, 2.24) is 30.0 Å². The molecule has 1 aliphatic rings. The standard InChI is InChI=1S/C27H21N7/c1-18-14-16-19(17-15-18)32-26(33-24-12-6-4-10-22(24)28-30-33)20-8-2-3-9-21(20)27(32)34-25-13-7-5-11-23(25)29-31-34/h2-17,26-27H,1H3. The summed E-state index contributed by atoms with van der Waals surface area (Å²) in [7, 11) is 0. The summed E-state index contributed by atoms with van der Waals surface area (Å²) in [5.41, 5.74) is 8.36. The van der Waals surface area contributed by atoms with Crippen LogP contribution < -0.4 is 4.90 Å². The third-order valence-electron chi connectivity index (χ3n) is 6.63. The van der Waals surface area contributed by atoms with Gasteiger partial charge >= 0.3 is 0 Å². The van der Waals surface area contributed by atoms with Crippen LogP contribution in [0, 0.1) is 6.92 Å². The van der Waals surface area contributed by atoms with Gasteiger partial charge in [-0.05, 0) is 43.3 Å². The van der Waals surface area contributed by atoms with E-state index in [0.29, 0.717) is 0 Å². The van der Waals surface area contributed by atoms with E-state index in [1.165, 1.54) is 16.7 Å². The highest BCUT2D eigenvalue weighted by Gasteiger charge is 2.42. The molecule has 7 nitrogen and oxygen atoms in total. The molecule has 0 radical (unpaired) electrons. The highest BCUT2D eigenvalue weighted by Crippen LogP contribution is 2.47. The number of nitrogens with zero attached hydrogens (tertiary/aromatic N) is 7. The Balaban J connectivity index is 1.53. The Labute approximate surface area is 195 Å². The van der Waals surface area contributed by atoms with Crippen LogP contribution in [0.15, 0.2) is 97.1 Å². The second-order valence-electron chi connectivity index (χ2n) is 8.66. The fourth-order valence-electron chi connectivity index (χ4n) is 5.05. The molecule has 0 bridgehead atoms. The van der Waals surface area contributed by atoms with Crippen LogP contribution in [0.5, 0.6) is 0 Å². The van der Waals surface area contributed by atoms with E-state index in [1.807, 2.05) is 45.8 Å². The van der Waals surface area contributed by atoms with Crippen LogP contribution in [-0.4, -0.2) is 30.0 Å². The molecule has 4 aromatic carbocycles. The normalized spacial score (nSPS) is 17.5. The summed E-state index contributed by atoms with van der Waals surface area (Å²) in [5.74, 6) is 0. The average Bonchev–Trinajstić information content (AvgIpc) is 3.58. The molecule has 7 rings (SSSR count). The van der Waals surface area contributed by atoms with Gasteiger partial charge in [0.1, 0.15) is 11.0 Å². The minimum Gasteiger partial charge on any atom is -0.319 e. The molecule has 7 heteroatoms. The maximum absolute atomic E-state index is 4.63. The van der Waals surface area contributed by atoms with Crippen LogP contribution >= 0.6 is 0 Å². The summed E-state index contributed by atoms with van der Waals surface area (Å²) in [5, 5.41) is 18.2. The minimum absolute atomic E-state index is 0.195.